The van der Waals surface area contributed by atoms with E-state index < -0.39 is 0 Å². The van der Waals surface area contributed by atoms with Crippen LogP contribution in [0.5, 0.6) is 0 Å². The van der Waals surface area contributed by atoms with E-state index in [1.807, 2.05) is 35.7 Å². The number of hydrogen-bond acceptors (Lipinski definition) is 9. The number of nitrogen functional groups attached to an aromatic ring is 1. The summed E-state index contributed by atoms with van der Waals surface area (Å²) in [6.07, 6.45) is 4.35. The average molecular weight is 637 g/mol. The van der Waals surface area contributed by atoms with E-state index in [0.29, 0.717) is 46.4 Å². The lowest BCUT2D eigenvalue weighted by Gasteiger charge is -2.34. The average Bonchev–Trinajstić information content (AvgIpc) is 3.45. The van der Waals surface area contributed by atoms with E-state index in [1.165, 1.54) is 0 Å². The molecule has 3 aromatic heterocycles. The van der Waals surface area contributed by atoms with Gasteiger partial charge in [0.15, 0.2) is 17.3 Å². The van der Waals surface area contributed by atoms with Crippen LogP contribution in [0.1, 0.15) is 75.0 Å². The first-order valence-electron chi connectivity index (χ1n) is 15.5. The second-order valence-corrected chi connectivity index (χ2v) is 12.9. The molecule has 1 aromatic carbocycles. The van der Waals surface area contributed by atoms with Crippen LogP contribution in [0.15, 0.2) is 36.4 Å². The van der Waals surface area contributed by atoms with E-state index in [4.69, 9.17) is 44.0 Å². The largest absolute Gasteiger partial charge is 0.383 e. The molecule has 6 rings (SSSR count). The highest BCUT2D eigenvalue weighted by molar-refractivity contribution is 6.36. The van der Waals surface area contributed by atoms with E-state index in [9.17, 15) is 4.79 Å². The summed E-state index contributed by atoms with van der Waals surface area (Å²) in [6.45, 7) is 9.90. The number of ketones is 1. The number of pyridine rings is 1. The molecule has 1 unspecified atom stereocenters. The molecule has 10 nitrogen and oxygen atoms in total. The number of fused-ring (bicyclic) bond motifs is 1. The molecule has 0 bridgehead atoms. The molecule has 0 radical (unpaired) electrons. The molecule has 2 aliphatic heterocycles. The Bertz CT molecular complexity index is 1670. The fraction of sp³-hybridized carbons (Fsp3) is 0.469. The molecule has 12 heteroatoms. The molecule has 5 heterocycles. The first-order chi connectivity index (χ1) is 21.2. The van der Waals surface area contributed by atoms with Crippen molar-refractivity contribution in [2.45, 2.75) is 70.9 Å². The van der Waals surface area contributed by atoms with E-state index >= 15 is 0 Å². The molecule has 0 spiro atoms. The van der Waals surface area contributed by atoms with Gasteiger partial charge in [0.1, 0.15) is 11.6 Å². The number of nitrogens with zero attached hydrogens (tertiary/aromatic N) is 7. The number of nitrogens with two attached hydrogens (primary N) is 1. The molecule has 2 saturated heterocycles. The number of Topliss-reactive ketones (excluding diaryl/α,β-unsaturated/α-hetero) is 1. The molecule has 1 atom stereocenters. The lowest BCUT2D eigenvalue weighted by atomic mass is 9.95. The third-order valence-corrected chi connectivity index (χ3v) is 9.31. The number of halogens is 2. The first-order valence-corrected chi connectivity index (χ1v) is 16.2. The van der Waals surface area contributed by atoms with Crippen LogP contribution in [0, 0.1) is 0 Å². The predicted octanol–water partition coefficient (Wildman–Crippen LogP) is 6.34. The topological polar surface area (TPSA) is 118 Å². The zero-order valence-corrected chi connectivity index (χ0v) is 26.9. The van der Waals surface area contributed by atoms with Crippen LogP contribution in [0.25, 0.3) is 16.9 Å². The minimum Gasteiger partial charge on any atom is -0.383 e. The third kappa shape index (κ3) is 6.34. The number of nitrogens with one attached hydrogen (secondary N) is 1. The van der Waals surface area contributed by atoms with Crippen LogP contribution in [0.2, 0.25) is 10.0 Å². The van der Waals surface area contributed by atoms with Gasteiger partial charge in [0.2, 0.25) is 5.95 Å². The van der Waals surface area contributed by atoms with Crippen molar-refractivity contribution >= 4 is 52.2 Å². The van der Waals surface area contributed by atoms with Crippen molar-refractivity contribution in [2.24, 2.45) is 0 Å². The molecule has 3 N–H and O–H groups in total. The number of benzene rings is 1. The van der Waals surface area contributed by atoms with Gasteiger partial charge in [-0.05, 0) is 83.0 Å². The highest BCUT2D eigenvalue weighted by atomic mass is 35.5. The van der Waals surface area contributed by atoms with Gasteiger partial charge < -0.3 is 20.9 Å². The zero-order valence-electron chi connectivity index (χ0n) is 25.4. The quantitative estimate of drug-likeness (QED) is 0.214. The Labute approximate surface area is 268 Å². The summed E-state index contributed by atoms with van der Waals surface area (Å²) in [6, 6.07) is 11.6. The molecule has 232 valence electrons. The van der Waals surface area contributed by atoms with Crippen molar-refractivity contribution in [3.63, 3.8) is 0 Å². The lowest BCUT2D eigenvalue weighted by Crippen LogP contribution is -2.43. The van der Waals surface area contributed by atoms with Gasteiger partial charge >= 0.3 is 0 Å². The van der Waals surface area contributed by atoms with Gasteiger partial charge in [-0.2, -0.15) is 4.52 Å². The molecular formula is C32H39Cl2N9O. The van der Waals surface area contributed by atoms with Crippen molar-refractivity contribution in [1.29, 1.82) is 0 Å². The number of carbonyl (C=O) groups is 1. The summed E-state index contributed by atoms with van der Waals surface area (Å²) in [5, 5.41) is 9.69. The highest BCUT2D eigenvalue weighted by Gasteiger charge is 2.29. The van der Waals surface area contributed by atoms with Crippen molar-refractivity contribution in [3.05, 3.63) is 57.8 Å². The number of aromatic nitrogens is 5. The maximum atomic E-state index is 12.2. The molecular weight excluding hydrogens is 597 g/mol. The smallest absolute Gasteiger partial charge is 0.229 e. The molecule has 2 fully saturated rings. The van der Waals surface area contributed by atoms with Crippen molar-refractivity contribution < 1.29 is 4.79 Å². The molecule has 44 heavy (non-hydrogen) atoms. The maximum absolute atomic E-state index is 12.2. The van der Waals surface area contributed by atoms with Crippen LogP contribution in [0.4, 0.5) is 17.6 Å². The van der Waals surface area contributed by atoms with Gasteiger partial charge in [-0.3, -0.25) is 4.79 Å². The van der Waals surface area contributed by atoms with Crippen LogP contribution in [-0.2, 0) is 0 Å². The SMILES string of the molecule is CCC(=O)c1ccc(NC2CCCN(c3nc(-c4ccc(Cl)cc4Cl)cc4nc(C5CCN(C(C)C)CC5)nn34)C2)nc1N. The predicted molar refractivity (Wildman–Crippen MR) is 177 cm³/mol. The Hall–Kier alpha value is -3.47. The number of carbonyl (C=O) groups excluding carboxylic acids is 1. The Morgan fingerprint density at radius 2 is 1.84 bits per heavy atom. The Morgan fingerprint density at radius 3 is 2.55 bits per heavy atom. The summed E-state index contributed by atoms with van der Waals surface area (Å²) in [5.74, 6) is 2.78. The standard InChI is InChI=1S/C32H39Cl2N9O/c1-4-27(44)24-9-10-28(38-30(24)35)36-22-6-5-13-42(18-22)32-37-26(23-8-7-21(33)16-25(23)34)17-29-39-31(40-43(29)32)20-11-14-41(15-12-20)19(2)3/h7-10,16-17,19-20,22H,4-6,11-15,18H2,1-3H3,(H3,35,36,38). The van der Waals surface area contributed by atoms with Crippen molar-refractivity contribution in [3.8, 4) is 11.3 Å². The van der Waals surface area contributed by atoms with Crippen LogP contribution < -0.4 is 16.0 Å². The van der Waals surface area contributed by atoms with Gasteiger partial charge in [-0.1, -0.05) is 30.1 Å². The number of hydrogen-bond donors (Lipinski definition) is 2. The fourth-order valence-corrected chi connectivity index (χ4v) is 6.75. The van der Waals surface area contributed by atoms with Crippen molar-refractivity contribution in [2.75, 3.05) is 42.1 Å². The number of rotatable bonds is 8. The van der Waals surface area contributed by atoms with Crippen LogP contribution in [-0.4, -0.2) is 73.5 Å². The molecule has 0 saturated carbocycles. The van der Waals surface area contributed by atoms with E-state index in [1.54, 1.807) is 12.1 Å². The molecule has 4 aromatic rings. The third-order valence-electron chi connectivity index (χ3n) is 8.76. The van der Waals surface area contributed by atoms with Gasteiger partial charge in [-0.15, -0.1) is 5.10 Å². The molecule has 0 aliphatic carbocycles. The first kappa shape index (κ1) is 30.6. The van der Waals surface area contributed by atoms with Gasteiger partial charge in [0.25, 0.3) is 0 Å². The lowest BCUT2D eigenvalue weighted by molar-refractivity contribution is 0.0988. The summed E-state index contributed by atoms with van der Waals surface area (Å²) in [4.78, 5) is 31.6. The van der Waals surface area contributed by atoms with Gasteiger partial charge in [0.05, 0.1) is 16.3 Å². The Kier molecular flexibility index (Phi) is 8.94. The van der Waals surface area contributed by atoms with Gasteiger partial charge in [-0.25, -0.2) is 15.0 Å². The minimum atomic E-state index is -0.0150. The fourth-order valence-electron chi connectivity index (χ4n) is 6.25. The van der Waals surface area contributed by atoms with Gasteiger partial charge in [0, 0.05) is 54.2 Å². The Morgan fingerprint density at radius 1 is 1.05 bits per heavy atom. The summed E-state index contributed by atoms with van der Waals surface area (Å²) >= 11 is 12.9. The summed E-state index contributed by atoms with van der Waals surface area (Å²) in [7, 11) is 0. The molecule has 2 aliphatic rings. The normalized spacial score (nSPS) is 18.3. The van der Waals surface area contributed by atoms with Crippen LogP contribution in [0.3, 0.4) is 0 Å². The summed E-state index contributed by atoms with van der Waals surface area (Å²) in [5.41, 5.74) is 8.86. The van der Waals surface area contributed by atoms with Crippen molar-refractivity contribution in [1.82, 2.24) is 29.5 Å². The second kappa shape index (κ2) is 12.9. The summed E-state index contributed by atoms with van der Waals surface area (Å²) < 4.78 is 1.89. The number of piperidine rings is 2. The molecule has 0 amide bonds. The number of likely N-dealkylation sites (tertiary alicyclic amines) is 1. The van der Waals surface area contributed by atoms with Crippen LogP contribution >= 0.6 is 23.2 Å². The van der Waals surface area contributed by atoms with E-state index in [-0.39, 0.29) is 17.6 Å². The zero-order chi connectivity index (χ0) is 31.0. The Balaban J connectivity index is 1.32. The second-order valence-electron chi connectivity index (χ2n) is 12.0. The highest BCUT2D eigenvalue weighted by Crippen LogP contribution is 2.33. The maximum Gasteiger partial charge on any atom is 0.229 e. The monoisotopic (exact) mass is 635 g/mol. The number of anilines is 3. The van der Waals surface area contributed by atoms with E-state index in [2.05, 4.69) is 33.9 Å². The van der Waals surface area contributed by atoms with E-state index in [0.717, 1.165) is 74.0 Å². The minimum absolute atomic E-state index is 0.0150.